The number of carbonyl (C=O) groups is 2. The number of amides is 2. The molecule has 1 fully saturated rings. The fourth-order valence-electron chi connectivity index (χ4n) is 1.64. The second kappa shape index (κ2) is 4.70. The molecule has 2 rings (SSSR count). The van der Waals surface area contributed by atoms with Crippen molar-refractivity contribution in [1.82, 2.24) is 14.8 Å². The Balaban J connectivity index is 1.94. The standard InChI is InChI=1S/C10H14N4O2S/c1-13-2-3-14(5-9(13)16)8(15)4-7-6-17-10(11)12-7/h6H,2-5H2,1H3,(H2,11,12). The molecule has 2 N–H and O–H groups in total. The molecule has 1 aromatic heterocycles. The number of carbonyl (C=O) groups excluding carboxylic acids is 2. The largest absolute Gasteiger partial charge is 0.375 e. The van der Waals surface area contributed by atoms with Crippen LogP contribution in [-0.4, -0.2) is 53.3 Å². The number of piperazine rings is 1. The Kier molecular flexibility index (Phi) is 3.28. The maximum Gasteiger partial charge on any atom is 0.241 e. The fraction of sp³-hybridized carbons (Fsp3) is 0.500. The van der Waals surface area contributed by atoms with E-state index in [-0.39, 0.29) is 24.8 Å². The predicted octanol–water partition coefficient (Wildman–Crippen LogP) is -0.432. The van der Waals surface area contributed by atoms with Gasteiger partial charge in [0.25, 0.3) is 0 Å². The van der Waals surface area contributed by atoms with Crippen LogP contribution in [0.15, 0.2) is 5.38 Å². The highest BCUT2D eigenvalue weighted by molar-refractivity contribution is 7.13. The van der Waals surface area contributed by atoms with Gasteiger partial charge < -0.3 is 15.5 Å². The molecule has 1 aliphatic heterocycles. The third-order valence-electron chi connectivity index (χ3n) is 2.71. The van der Waals surface area contributed by atoms with Crippen molar-refractivity contribution in [2.75, 3.05) is 32.4 Å². The van der Waals surface area contributed by atoms with Crippen LogP contribution in [-0.2, 0) is 16.0 Å². The summed E-state index contributed by atoms with van der Waals surface area (Å²) in [7, 11) is 1.74. The summed E-state index contributed by atoms with van der Waals surface area (Å²) in [5.41, 5.74) is 6.17. The second-order valence-electron chi connectivity index (χ2n) is 3.98. The second-order valence-corrected chi connectivity index (χ2v) is 4.87. The van der Waals surface area contributed by atoms with Gasteiger partial charge in [0, 0.05) is 25.5 Å². The van der Waals surface area contributed by atoms with E-state index in [1.54, 1.807) is 22.2 Å². The van der Waals surface area contributed by atoms with Crippen molar-refractivity contribution in [2.24, 2.45) is 0 Å². The van der Waals surface area contributed by atoms with Gasteiger partial charge >= 0.3 is 0 Å². The van der Waals surface area contributed by atoms with Gasteiger partial charge in [0.05, 0.1) is 18.7 Å². The van der Waals surface area contributed by atoms with Gasteiger partial charge in [0.15, 0.2) is 5.13 Å². The first kappa shape index (κ1) is 11.8. The third-order valence-corrected chi connectivity index (χ3v) is 3.43. The number of likely N-dealkylation sites (N-methyl/N-ethyl adjacent to an activating group) is 1. The smallest absolute Gasteiger partial charge is 0.241 e. The molecular weight excluding hydrogens is 240 g/mol. The molecule has 0 saturated carbocycles. The number of anilines is 1. The highest BCUT2D eigenvalue weighted by Gasteiger charge is 2.25. The summed E-state index contributed by atoms with van der Waals surface area (Å²) < 4.78 is 0. The minimum Gasteiger partial charge on any atom is -0.375 e. The van der Waals surface area contributed by atoms with Crippen molar-refractivity contribution in [1.29, 1.82) is 0 Å². The molecule has 2 heterocycles. The van der Waals surface area contributed by atoms with Gasteiger partial charge in [0.1, 0.15) is 0 Å². The summed E-state index contributed by atoms with van der Waals surface area (Å²) in [6.07, 6.45) is 0.213. The fourth-order valence-corrected chi connectivity index (χ4v) is 2.20. The number of nitrogen functional groups attached to an aromatic ring is 1. The van der Waals surface area contributed by atoms with Crippen LogP contribution in [0, 0.1) is 0 Å². The van der Waals surface area contributed by atoms with Crippen LogP contribution in [0.4, 0.5) is 5.13 Å². The molecule has 1 aliphatic rings. The number of hydrogen-bond acceptors (Lipinski definition) is 5. The summed E-state index contributed by atoms with van der Waals surface area (Å²) in [6, 6.07) is 0. The Hall–Kier alpha value is -1.63. The lowest BCUT2D eigenvalue weighted by Gasteiger charge is -2.31. The van der Waals surface area contributed by atoms with Crippen molar-refractivity contribution in [3.63, 3.8) is 0 Å². The molecule has 1 aromatic rings. The van der Waals surface area contributed by atoms with E-state index >= 15 is 0 Å². The highest BCUT2D eigenvalue weighted by atomic mass is 32.1. The van der Waals surface area contributed by atoms with Crippen LogP contribution in [0.5, 0.6) is 0 Å². The molecule has 0 bridgehead atoms. The average molecular weight is 254 g/mol. The van der Waals surface area contributed by atoms with Crippen molar-refractivity contribution in [2.45, 2.75) is 6.42 Å². The summed E-state index contributed by atoms with van der Waals surface area (Å²) >= 11 is 1.31. The molecule has 0 atom stereocenters. The molecule has 0 radical (unpaired) electrons. The van der Waals surface area contributed by atoms with E-state index in [9.17, 15) is 9.59 Å². The number of rotatable bonds is 2. The molecule has 2 amide bonds. The summed E-state index contributed by atoms with van der Waals surface area (Å²) in [5, 5.41) is 2.23. The quantitative estimate of drug-likeness (QED) is 0.776. The van der Waals surface area contributed by atoms with Crippen molar-refractivity contribution in [3.8, 4) is 0 Å². The van der Waals surface area contributed by atoms with E-state index in [2.05, 4.69) is 4.98 Å². The SMILES string of the molecule is CN1CCN(C(=O)Cc2csc(N)n2)CC1=O. The predicted molar refractivity (Wildman–Crippen MR) is 64.4 cm³/mol. The average Bonchev–Trinajstić information content (AvgIpc) is 2.68. The number of hydrogen-bond donors (Lipinski definition) is 1. The first-order valence-corrected chi connectivity index (χ1v) is 6.16. The van der Waals surface area contributed by atoms with E-state index in [0.717, 1.165) is 0 Å². The number of thiazole rings is 1. The molecule has 0 unspecified atom stereocenters. The summed E-state index contributed by atoms with van der Waals surface area (Å²) in [6.45, 7) is 1.33. The van der Waals surface area contributed by atoms with Crippen molar-refractivity contribution >= 4 is 28.3 Å². The molecule has 0 aromatic carbocycles. The summed E-state index contributed by atoms with van der Waals surface area (Å²) in [4.78, 5) is 30.6. The Labute approximate surface area is 103 Å². The van der Waals surface area contributed by atoms with E-state index in [1.165, 1.54) is 11.3 Å². The normalized spacial score (nSPS) is 16.4. The van der Waals surface area contributed by atoms with Gasteiger partial charge in [-0.1, -0.05) is 0 Å². The maximum atomic E-state index is 11.9. The Morgan fingerprint density at radius 2 is 2.35 bits per heavy atom. The van der Waals surface area contributed by atoms with Crippen LogP contribution in [0.25, 0.3) is 0 Å². The number of nitrogens with two attached hydrogens (primary N) is 1. The minimum atomic E-state index is -0.0725. The number of aromatic nitrogens is 1. The zero-order chi connectivity index (χ0) is 12.4. The molecule has 0 aliphatic carbocycles. The molecule has 6 nitrogen and oxygen atoms in total. The van der Waals surface area contributed by atoms with Crippen LogP contribution in [0.3, 0.4) is 0 Å². The van der Waals surface area contributed by atoms with Crippen LogP contribution in [0.2, 0.25) is 0 Å². The zero-order valence-corrected chi connectivity index (χ0v) is 10.4. The Morgan fingerprint density at radius 3 is 2.94 bits per heavy atom. The lowest BCUT2D eigenvalue weighted by Crippen LogP contribution is -2.51. The third kappa shape index (κ3) is 2.73. The zero-order valence-electron chi connectivity index (χ0n) is 9.55. The van der Waals surface area contributed by atoms with E-state index < -0.39 is 0 Å². The van der Waals surface area contributed by atoms with Gasteiger partial charge in [-0.2, -0.15) is 0 Å². The monoisotopic (exact) mass is 254 g/mol. The Morgan fingerprint density at radius 1 is 1.59 bits per heavy atom. The Bertz CT molecular complexity index is 445. The molecule has 17 heavy (non-hydrogen) atoms. The van der Waals surface area contributed by atoms with E-state index in [4.69, 9.17) is 5.73 Å². The molecule has 1 saturated heterocycles. The van der Waals surface area contributed by atoms with Crippen molar-refractivity contribution in [3.05, 3.63) is 11.1 Å². The lowest BCUT2D eigenvalue weighted by molar-refractivity contribution is -0.143. The van der Waals surface area contributed by atoms with Gasteiger partial charge in [-0.25, -0.2) is 4.98 Å². The van der Waals surface area contributed by atoms with Crippen molar-refractivity contribution < 1.29 is 9.59 Å². The number of nitrogens with zero attached hydrogens (tertiary/aromatic N) is 3. The van der Waals surface area contributed by atoms with E-state index in [0.29, 0.717) is 23.9 Å². The van der Waals surface area contributed by atoms with Crippen LogP contribution < -0.4 is 5.73 Å². The van der Waals surface area contributed by atoms with Gasteiger partial charge in [-0.15, -0.1) is 11.3 Å². The maximum absolute atomic E-state index is 11.9. The lowest BCUT2D eigenvalue weighted by atomic mass is 10.2. The van der Waals surface area contributed by atoms with E-state index in [1.807, 2.05) is 0 Å². The first-order chi connectivity index (χ1) is 8.06. The molecule has 7 heteroatoms. The van der Waals surface area contributed by atoms with Crippen LogP contribution >= 0.6 is 11.3 Å². The topological polar surface area (TPSA) is 79.5 Å². The summed E-state index contributed by atoms with van der Waals surface area (Å²) in [5.74, 6) is -0.0980. The minimum absolute atomic E-state index is 0.0256. The molecule has 0 spiro atoms. The highest BCUT2D eigenvalue weighted by Crippen LogP contribution is 2.13. The molecule has 92 valence electrons. The van der Waals surface area contributed by atoms with Gasteiger partial charge in [-0.3, -0.25) is 9.59 Å². The first-order valence-electron chi connectivity index (χ1n) is 5.28. The van der Waals surface area contributed by atoms with Gasteiger partial charge in [-0.05, 0) is 0 Å². The molecular formula is C10H14N4O2S. The van der Waals surface area contributed by atoms with Gasteiger partial charge in [0.2, 0.25) is 11.8 Å². The van der Waals surface area contributed by atoms with Crippen LogP contribution in [0.1, 0.15) is 5.69 Å².